The zero-order valence-corrected chi connectivity index (χ0v) is 15.4. The number of anilines is 1. The third-order valence-electron chi connectivity index (χ3n) is 3.87. The summed E-state index contributed by atoms with van der Waals surface area (Å²) in [6.45, 7) is 6.91. The molecule has 0 spiro atoms. The van der Waals surface area contributed by atoms with Crippen molar-refractivity contribution in [2.45, 2.75) is 26.4 Å². The van der Waals surface area contributed by atoms with Crippen LogP contribution in [0.2, 0.25) is 0 Å². The number of para-hydroxylation sites is 1. The Morgan fingerprint density at radius 3 is 2.27 bits per heavy atom. The number of methoxy groups -OCH3 is 1. The number of nitro groups is 1. The van der Waals surface area contributed by atoms with Crippen LogP contribution < -0.4 is 4.90 Å². The SMILES string of the molecule is COC(=O)c1cccc(N2CCN(C(=O)OC(C)(C)C)CC2)c1[N+](=O)[O-]. The van der Waals surface area contributed by atoms with Crippen molar-refractivity contribution in [3.8, 4) is 0 Å². The van der Waals surface area contributed by atoms with E-state index in [1.54, 1.807) is 42.7 Å². The number of nitro benzene ring substituents is 1. The van der Waals surface area contributed by atoms with E-state index in [1.165, 1.54) is 13.2 Å². The van der Waals surface area contributed by atoms with Crippen LogP contribution in [0, 0.1) is 10.1 Å². The molecule has 1 amide bonds. The fourth-order valence-corrected chi connectivity index (χ4v) is 2.71. The van der Waals surface area contributed by atoms with E-state index in [-0.39, 0.29) is 11.3 Å². The van der Waals surface area contributed by atoms with Crippen molar-refractivity contribution in [1.82, 2.24) is 4.90 Å². The quantitative estimate of drug-likeness (QED) is 0.460. The highest BCUT2D eigenvalue weighted by Gasteiger charge is 2.31. The highest BCUT2D eigenvalue weighted by Crippen LogP contribution is 2.33. The van der Waals surface area contributed by atoms with Gasteiger partial charge in [-0.2, -0.15) is 0 Å². The van der Waals surface area contributed by atoms with Crippen LogP contribution in [0.4, 0.5) is 16.2 Å². The monoisotopic (exact) mass is 365 g/mol. The summed E-state index contributed by atoms with van der Waals surface area (Å²) in [6, 6.07) is 4.53. The van der Waals surface area contributed by atoms with Gasteiger partial charge in [-0.15, -0.1) is 0 Å². The average Bonchev–Trinajstić information content (AvgIpc) is 2.59. The standard InChI is InChI=1S/C17H23N3O6/c1-17(2,3)26-16(22)19-10-8-18(9-11-19)13-7-5-6-12(15(21)25-4)14(13)20(23)24/h5-7H,8-11H2,1-4H3. The molecule has 0 bridgehead atoms. The van der Waals surface area contributed by atoms with E-state index in [4.69, 9.17) is 4.74 Å². The summed E-state index contributed by atoms with van der Waals surface area (Å²) >= 11 is 0. The van der Waals surface area contributed by atoms with Crippen LogP contribution >= 0.6 is 0 Å². The first kappa shape index (κ1) is 19.5. The van der Waals surface area contributed by atoms with E-state index < -0.39 is 22.6 Å². The van der Waals surface area contributed by atoms with Crippen molar-refractivity contribution >= 4 is 23.4 Å². The number of piperazine rings is 1. The summed E-state index contributed by atoms with van der Waals surface area (Å²) < 4.78 is 9.98. The zero-order valence-electron chi connectivity index (χ0n) is 15.4. The molecule has 1 aromatic rings. The molecule has 26 heavy (non-hydrogen) atoms. The molecule has 0 radical (unpaired) electrons. The molecule has 1 fully saturated rings. The molecule has 0 N–H and O–H groups in total. The van der Waals surface area contributed by atoms with E-state index in [0.29, 0.717) is 31.9 Å². The van der Waals surface area contributed by atoms with Crippen molar-refractivity contribution in [3.05, 3.63) is 33.9 Å². The lowest BCUT2D eigenvalue weighted by molar-refractivity contribution is -0.384. The Morgan fingerprint density at radius 1 is 1.15 bits per heavy atom. The molecular weight excluding hydrogens is 342 g/mol. The molecule has 9 nitrogen and oxygen atoms in total. The van der Waals surface area contributed by atoms with E-state index in [9.17, 15) is 19.7 Å². The molecule has 0 aromatic heterocycles. The maximum atomic E-state index is 12.1. The molecule has 0 atom stereocenters. The van der Waals surface area contributed by atoms with Gasteiger partial charge in [0.2, 0.25) is 0 Å². The van der Waals surface area contributed by atoms with Crippen LogP contribution in [0.3, 0.4) is 0 Å². The number of hydrogen-bond donors (Lipinski definition) is 0. The number of benzene rings is 1. The van der Waals surface area contributed by atoms with Crippen LogP contribution in [0.15, 0.2) is 18.2 Å². The maximum absolute atomic E-state index is 12.1. The molecule has 9 heteroatoms. The van der Waals surface area contributed by atoms with Gasteiger partial charge >= 0.3 is 17.7 Å². The first-order valence-electron chi connectivity index (χ1n) is 8.22. The number of nitrogens with zero attached hydrogens (tertiary/aromatic N) is 3. The normalized spacial score (nSPS) is 14.8. The Bertz CT molecular complexity index is 705. The van der Waals surface area contributed by atoms with Gasteiger partial charge in [0.15, 0.2) is 0 Å². The van der Waals surface area contributed by atoms with Crippen molar-refractivity contribution in [1.29, 1.82) is 0 Å². The topological polar surface area (TPSA) is 102 Å². The van der Waals surface area contributed by atoms with E-state index >= 15 is 0 Å². The number of carbonyl (C=O) groups is 2. The number of amides is 1. The first-order chi connectivity index (χ1) is 12.1. The lowest BCUT2D eigenvalue weighted by Crippen LogP contribution is -2.50. The summed E-state index contributed by atoms with van der Waals surface area (Å²) in [6.07, 6.45) is -0.407. The van der Waals surface area contributed by atoms with E-state index in [0.717, 1.165) is 0 Å². The Kier molecular flexibility index (Phi) is 5.69. The second-order valence-corrected chi connectivity index (χ2v) is 6.88. The van der Waals surface area contributed by atoms with Crippen molar-refractivity contribution in [3.63, 3.8) is 0 Å². The average molecular weight is 365 g/mol. The van der Waals surface area contributed by atoms with Gasteiger partial charge in [-0.05, 0) is 32.9 Å². The third-order valence-corrected chi connectivity index (χ3v) is 3.87. The Balaban J connectivity index is 2.18. The van der Waals surface area contributed by atoms with Gasteiger partial charge in [-0.1, -0.05) is 6.07 Å². The zero-order chi connectivity index (χ0) is 19.5. The second-order valence-electron chi connectivity index (χ2n) is 6.88. The van der Waals surface area contributed by atoms with Gasteiger partial charge in [-0.25, -0.2) is 9.59 Å². The smallest absolute Gasteiger partial charge is 0.410 e. The van der Waals surface area contributed by atoms with Gasteiger partial charge < -0.3 is 19.3 Å². The Morgan fingerprint density at radius 2 is 1.77 bits per heavy atom. The van der Waals surface area contributed by atoms with Gasteiger partial charge in [0.1, 0.15) is 16.9 Å². The van der Waals surface area contributed by atoms with Gasteiger partial charge in [0, 0.05) is 26.2 Å². The molecular formula is C17H23N3O6. The number of rotatable bonds is 3. The highest BCUT2D eigenvalue weighted by atomic mass is 16.6. The number of carbonyl (C=O) groups excluding carboxylic acids is 2. The van der Waals surface area contributed by atoms with Crippen LogP contribution in [0.5, 0.6) is 0 Å². The number of hydrogen-bond acceptors (Lipinski definition) is 7. The lowest BCUT2D eigenvalue weighted by Gasteiger charge is -2.36. The van der Waals surface area contributed by atoms with Crippen molar-refractivity contribution in [2.75, 3.05) is 38.2 Å². The molecule has 0 unspecified atom stereocenters. The van der Waals surface area contributed by atoms with Gasteiger partial charge in [0.05, 0.1) is 12.0 Å². The highest BCUT2D eigenvalue weighted by molar-refractivity contribution is 5.96. The maximum Gasteiger partial charge on any atom is 0.410 e. The predicted molar refractivity (Wildman–Crippen MR) is 94.5 cm³/mol. The molecule has 1 aliphatic heterocycles. The summed E-state index contributed by atoms with van der Waals surface area (Å²) in [5.74, 6) is -0.758. The number of esters is 1. The Hall–Kier alpha value is -2.84. The molecule has 1 aromatic carbocycles. The first-order valence-corrected chi connectivity index (χ1v) is 8.22. The summed E-state index contributed by atoms with van der Waals surface area (Å²) in [5.41, 5.74) is -0.627. The molecule has 142 valence electrons. The van der Waals surface area contributed by atoms with Crippen molar-refractivity contribution < 1.29 is 24.0 Å². The van der Waals surface area contributed by atoms with Crippen LogP contribution in [0.25, 0.3) is 0 Å². The molecule has 0 saturated carbocycles. The van der Waals surface area contributed by atoms with Crippen molar-refractivity contribution in [2.24, 2.45) is 0 Å². The third kappa shape index (κ3) is 4.41. The molecule has 1 aliphatic rings. The van der Waals surface area contributed by atoms with Crippen LogP contribution in [-0.2, 0) is 9.47 Å². The minimum atomic E-state index is -0.758. The molecule has 1 saturated heterocycles. The lowest BCUT2D eigenvalue weighted by atomic mass is 10.1. The predicted octanol–water partition coefficient (Wildman–Crippen LogP) is 2.44. The van der Waals surface area contributed by atoms with Gasteiger partial charge in [-0.3, -0.25) is 10.1 Å². The minimum absolute atomic E-state index is 0.0930. The van der Waals surface area contributed by atoms with Gasteiger partial charge in [0.25, 0.3) is 0 Å². The fourth-order valence-electron chi connectivity index (χ4n) is 2.71. The largest absolute Gasteiger partial charge is 0.465 e. The van der Waals surface area contributed by atoms with E-state index in [2.05, 4.69) is 4.74 Å². The summed E-state index contributed by atoms with van der Waals surface area (Å²) in [4.78, 5) is 38.3. The van der Waals surface area contributed by atoms with E-state index in [1.807, 2.05) is 0 Å². The van der Waals surface area contributed by atoms with Crippen LogP contribution in [0.1, 0.15) is 31.1 Å². The number of ether oxygens (including phenoxy) is 2. The summed E-state index contributed by atoms with van der Waals surface area (Å²) in [5, 5.41) is 11.5. The Labute approximate surface area is 151 Å². The fraction of sp³-hybridized carbons (Fsp3) is 0.529. The minimum Gasteiger partial charge on any atom is -0.465 e. The summed E-state index contributed by atoms with van der Waals surface area (Å²) in [7, 11) is 1.18. The molecule has 1 heterocycles. The van der Waals surface area contributed by atoms with Crippen LogP contribution in [-0.4, -0.2) is 60.8 Å². The molecule has 2 rings (SSSR count). The second kappa shape index (κ2) is 7.59. The molecule has 0 aliphatic carbocycles.